The Morgan fingerprint density at radius 2 is 1.66 bits per heavy atom. The SMILES string of the molecule is CCN(CC)CCN1C(=O)C(=O)C(=C(O)c2ccccc2)[C@H]1c1ccccc1F. The maximum atomic E-state index is 14.7. The Morgan fingerprint density at radius 1 is 1.03 bits per heavy atom. The maximum absolute atomic E-state index is 14.7. The molecule has 0 radical (unpaired) electrons. The van der Waals surface area contributed by atoms with E-state index in [1.807, 2.05) is 13.8 Å². The van der Waals surface area contributed by atoms with Crippen LogP contribution in [-0.4, -0.2) is 52.8 Å². The summed E-state index contributed by atoms with van der Waals surface area (Å²) in [5, 5.41) is 10.9. The van der Waals surface area contributed by atoms with E-state index in [2.05, 4.69) is 4.90 Å². The molecule has 1 aliphatic heterocycles. The largest absolute Gasteiger partial charge is 0.507 e. The second-order valence-electron chi connectivity index (χ2n) is 6.91. The molecule has 0 unspecified atom stereocenters. The minimum Gasteiger partial charge on any atom is -0.507 e. The lowest BCUT2D eigenvalue weighted by Gasteiger charge is -2.28. The van der Waals surface area contributed by atoms with Gasteiger partial charge >= 0.3 is 0 Å². The van der Waals surface area contributed by atoms with Gasteiger partial charge < -0.3 is 14.9 Å². The summed E-state index contributed by atoms with van der Waals surface area (Å²) < 4.78 is 14.7. The molecule has 1 fully saturated rings. The number of carbonyl (C=O) groups is 2. The second-order valence-corrected chi connectivity index (χ2v) is 6.91. The Hall–Kier alpha value is -2.99. The molecule has 1 aliphatic rings. The fourth-order valence-corrected chi connectivity index (χ4v) is 3.67. The van der Waals surface area contributed by atoms with E-state index in [1.54, 1.807) is 48.5 Å². The highest BCUT2D eigenvalue weighted by Gasteiger charge is 2.46. The quantitative estimate of drug-likeness (QED) is 0.441. The molecule has 3 rings (SSSR count). The molecule has 0 bridgehead atoms. The highest BCUT2D eigenvalue weighted by Crippen LogP contribution is 2.40. The molecule has 0 aromatic heterocycles. The van der Waals surface area contributed by atoms with E-state index in [-0.39, 0.29) is 23.4 Å². The van der Waals surface area contributed by atoms with Crippen molar-refractivity contribution < 1.29 is 19.1 Å². The molecular weight excluding hydrogens is 371 g/mol. The lowest BCUT2D eigenvalue weighted by atomic mass is 9.95. The number of rotatable bonds is 7. The van der Waals surface area contributed by atoms with Crippen LogP contribution in [-0.2, 0) is 9.59 Å². The number of Topliss-reactive ketones (excluding diaryl/α,β-unsaturated/α-hetero) is 1. The monoisotopic (exact) mass is 396 g/mol. The number of nitrogens with zero attached hydrogens (tertiary/aromatic N) is 2. The number of hydrogen-bond donors (Lipinski definition) is 1. The fraction of sp³-hybridized carbons (Fsp3) is 0.304. The predicted molar refractivity (Wildman–Crippen MR) is 110 cm³/mol. The summed E-state index contributed by atoms with van der Waals surface area (Å²) in [6.45, 7) is 6.44. The Labute approximate surface area is 170 Å². The lowest BCUT2D eigenvalue weighted by Crippen LogP contribution is -2.38. The molecule has 29 heavy (non-hydrogen) atoms. The molecule has 1 heterocycles. The maximum Gasteiger partial charge on any atom is 0.295 e. The first-order valence-corrected chi connectivity index (χ1v) is 9.80. The topological polar surface area (TPSA) is 60.9 Å². The second kappa shape index (κ2) is 9.01. The van der Waals surface area contributed by atoms with Crippen LogP contribution in [0.3, 0.4) is 0 Å². The minimum atomic E-state index is -0.966. The summed E-state index contributed by atoms with van der Waals surface area (Å²) in [4.78, 5) is 29.2. The minimum absolute atomic E-state index is 0.0779. The molecule has 0 spiro atoms. The summed E-state index contributed by atoms with van der Waals surface area (Å²) in [5.74, 6) is -2.32. The zero-order valence-electron chi connectivity index (χ0n) is 16.6. The van der Waals surface area contributed by atoms with Crippen molar-refractivity contribution >= 4 is 17.4 Å². The van der Waals surface area contributed by atoms with Gasteiger partial charge in [-0.3, -0.25) is 9.59 Å². The van der Waals surface area contributed by atoms with E-state index < -0.39 is 23.5 Å². The Kier molecular flexibility index (Phi) is 6.44. The molecular formula is C23H25FN2O3. The van der Waals surface area contributed by atoms with Crippen molar-refractivity contribution in [3.8, 4) is 0 Å². The predicted octanol–water partition coefficient (Wildman–Crippen LogP) is 3.59. The van der Waals surface area contributed by atoms with Crippen LogP contribution in [0.5, 0.6) is 0 Å². The lowest BCUT2D eigenvalue weighted by molar-refractivity contribution is -0.140. The fourth-order valence-electron chi connectivity index (χ4n) is 3.67. The van der Waals surface area contributed by atoms with Gasteiger partial charge in [0.15, 0.2) is 0 Å². The Bertz CT molecular complexity index is 923. The summed E-state index contributed by atoms with van der Waals surface area (Å²) in [6.07, 6.45) is 0. The summed E-state index contributed by atoms with van der Waals surface area (Å²) in [7, 11) is 0. The molecule has 0 aliphatic carbocycles. The van der Waals surface area contributed by atoms with E-state index in [0.29, 0.717) is 12.1 Å². The van der Waals surface area contributed by atoms with Crippen LogP contribution in [0, 0.1) is 5.82 Å². The van der Waals surface area contributed by atoms with Crippen molar-refractivity contribution in [3.63, 3.8) is 0 Å². The molecule has 1 saturated heterocycles. The van der Waals surface area contributed by atoms with Crippen molar-refractivity contribution in [1.82, 2.24) is 9.80 Å². The van der Waals surface area contributed by atoms with E-state index >= 15 is 0 Å². The molecule has 152 valence electrons. The van der Waals surface area contributed by atoms with Crippen molar-refractivity contribution in [2.24, 2.45) is 0 Å². The number of aliphatic hydroxyl groups excluding tert-OH is 1. The smallest absolute Gasteiger partial charge is 0.295 e. The van der Waals surface area contributed by atoms with Crippen molar-refractivity contribution in [3.05, 3.63) is 77.1 Å². The van der Waals surface area contributed by atoms with Crippen LogP contribution in [0.4, 0.5) is 4.39 Å². The van der Waals surface area contributed by atoms with Gasteiger partial charge in [0.2, 0.25) is 0 Å². The number of likely N-dealkylation sites (N-methyl/N-ethyl adjacent to an activating group) is 1. The third-order valence-electron chi connectivity index (χ3n) is 5.34. The van der Waals surface area contributed by atoms with Gasteiger partial charge in [0.05, 0.1) is 11.6 Å². The number of carbonyl (C=O) groups excluding carboxylic acids is 2. The molecule has 0 saturated carbocycles. The Morgan fingerprint density at radius 3 is 2.28 bits per heavy atom. The molecule has 2 aromatic rings. The van der Waals surface area contributed by atoms with E-state index in [0.717, 1.165) is 13.1 Å². The van der Waals surface area contributed by atoms with Crippen molar-refractivity contribution in [2.45, 2.75) is 19.9 Å². The van der Waals surface area contributed by atoms with Crippen LogP contribution in [0.2, 0.25) is 0 Å². The Balaban J connectivity index is 2.11. The molecule has 6 heteroatoms. The van der Waals surface area contributed by atoms with Gasteiger partial charge in [-0.25, -0.2) is 4.39 Å². The van der Waals surface area contributed by atoms with Gasteiger partial charge in [0, 0.05) is 24.2 Å². The molecule has 5 nitrogen and oxygen atoms in total. The number of ketones is 1. The molecule has 1 N–H and O–H groups in total. The van der Waals surface area contributed by atoms with Crippen LogP contribution >= 0.6 is 0 Å². The number of benzene rings is 2. The van der Waals surface area contributed by atoms with Gasteiger partial charge in [-0.05, 0) is 19.2 Å². The summed E-state index contributed by atoms with van der Waals surface area (Å²) in [6, 6.07) is 13.6. The van der Waals surface area contributed by atoms with E-state index in [1.165, 1.54) is 11.0 Å². The van der Waals surface area contributed by atoms with E-state index in [9.17, 15) is 19.1 Å². The number of amides is 1. The summed E-state index contributed by atoms with van der Waals surface area (Å²) >= 11 is 0. The normalized spacial score (nSPS) is 18.6. The zero-order valence-corrected chi connectivity index (χ0v) is 16.6. The van der Waals surface area contributed by atoms with Crippen LogP contribution in [0.1, 0.15) is 31.0 Å². The van der Waals surface area contributed by atoms with Gasteiger partial charge in [-0.15, -0.1) is 0 Å². The van der Waals surface area contributed by atoms with Crippen LogP contribution in [0.15, 0.2) is 60.2 Å². The van der Waals surface area contributed by atoms with Gasteiger partial charge in [0.25, 0.3) is 11.7 Å². The van der Waals surface area contributed by atoms with Crippen molar-refractivity contribution in [2.75, 3.05) is 26.2 Å². The first kappa shape index (κ1) is 20.7. The number of hydrogen-bond acceptors (Lipinski definition) is 4. The average Bonchev–Trinajstić information content (AvgIpc) is 2.99. The average molecular weight is 396 g/mol. The highest BCUT2D eigenvalue weighted by atomic mass is 19.1. The van der Waals surface area contributed by atoms with Crippen molar-refractivity contribution in [1.29, 1.82) is 0 Å². The van der Waals surface area contributed by atoms with Gasteiger partial charge in [-0.1, -0.05) is 62.4 Å². The highest BCUT2D eigenvalue weighted by molar-refractivity contribution is 6.46. The first-order chi connectivity index (χ1) is 14.0. The standard InChI is InChI=1S/C23H25FN2O3/c1-3-25(4-2)14-15-26-20(17-12-8-9-13-18(17)24)19(22(28)23(26)29)21(27)16-10-6-5-7-11-16/h5-13,20,27H,3-4,14-15H2,1-2H3/t20-/m1/s1. The zero-order chi connectivity index (χ0) is 21.0. The summed E-state index contributed by atoms with van der Waals surface area (Å²) in [5.41, 5.74) is 0.533. The number of aliphatic hydroxyl groups is 1. The first-order valence-electron chi connectivity index (χ1n) is 9.80. The molecule has 2 aromatic carbocycles. The molecule has 1 atom stereocenters. The number of likely N-dealkylation sites (tertiary alicyclic amines) is 1. The number of halogens is 1. The molecule has 1 amide bonds. The third-order valence-corrected chi connectivity index (χ3v) is 5.34. The van der Waals surface area contributed by atoms with Crippen LogP contribution < -0.4 is 0 Å². The van der Waals surface area contributed by atoms with Gasteiger partial charge in [-0.2, -0.15) is 0 Å². The van der Waals surface area contributed by atoms with E-state index in [4.69, 9.17) is 0 Å². The van der Waals surface area contributed by atoms with Crippen LogP contribution in [0.25, 0.3) is 5.76 Å². The van der Waals surface area contributed by atoms with Gasteiger partial charge in [0.1, 0.15) is 11.6 Å². The third kappa shape index (κ3) is 4.07.